The number of thioether (sulfide) groups is 1. The summed E-state index contributed by atoms with van der Waals surface area (Å²) >= 11 is 2.08. The van der Waals surface area contributed by atoms with Gasteiger partial charge in [0.05, 0.1) is 25.3 Å². The van der Waals surface area contributed by atoms with Crippen molar-refractivity contribution in [3.8, 4) is 5.75 Å². The van der Waals surface area contributed by atoms with Crippen molar-refractivity contribution in [2.45, 2.75) is 44.2 Å². The van der Waals surface area contributed by atoms with Crippen LogP contribution in [-0.4, -0.2) is 57.8 Å². The van der Waals surface area contributed by atoms with Gasteiger partial charge in [-0.15, -0.1) is 0 Å². The van der Waals surface area contributed by atoms with Crippen LogP contribution in [0.25, 0.3) is 0 Å². The molecule has 2 fully saturated rings. The van der Waals surface area contributed by atoms with Crippen LogP contribution in [0.1, 0.15) is 38.1 Å². The molecule has 156 valence electrons. The van der Waals surface area contributed by atoms with Crippen molar-refractivity contribution in [3.05, 3.63) is 42.6 Å². The van der Waals surface area contributed by atoms with E-state index in [9.17, 15) is 4.79 Å². The van der Waals surface area contributed by atoms with Crippen molar-refractivity contribution in [3.63, 3.8) is 0 Å². The van der Waals surface area contributed by atoms with Crippen molar-refractivity contribution in [2.24, 2.45) is 0 Å². The maximum Gasteiger partial charge on any atom is 0.228 e. The number of anilines is 1. The molecule has 4 rings (SSSR count). The molecule has 0 saturated carbocycles. The van der Waals surface area contributed by atoms with Gasteiger partial charge in [-0.3, -0.25) is 4.79 Å². The summed E-state index contributed by atoms with van der Waals surface area (Å²) in [7, 11) is 0. The van der Waals surface area contributed by atoms with Crippen molar-refractivity contribution in [1.29, 1.82) is 0 Å². The minimum atomic E-state index is -0.0418. The number of para-hydroxylation sites is 1. The predicted molar refractivity (Wildman–Crippen MR) is 118 cm³/mol. The van der Waals surface area contributed by atoms with Gasteiger partial charge in [0.25, 0.3) is 0 Å². The normalized spacial score (nSPS) is 19.2. The molecule has 1 aromatic heterocycles. The lowest BCUT2D eigenvalue weighted by Gasteiger charge is -2.39. The van der Waals surface area contributed by atoms with Crippen LogP contribution in [0.4, 0.5) is 5.82 Å². The molecule has 0 aliphatic carbocycles. The van der Waals surface area contributed by atoms with Gasteiger partial charge >= 0.3 is 0 Å². The highest BCUT2D eigenvalue weighted by atomic mass is 32.2. The van der Waals surface area contributed by atoms with E-state index in [0.717, 1.165) is 43.5 Å². The summed E-state index contributed by atoms with van der Waals surface area (Å²) in [5.74, 6) is 4.14. The standard InChI is InChI=1S/C22H30N4O2S/c27-22(9-15-28-20-4-2-1-3-5-20)24-21-6-12-23-26(21)19-7-13-25(14-8-19)18-10-16-29-17-11-18/h1-6,12,18-19H,7-11,13-17H2,(H,24,27). The van der Waals surface area contributed by atoms with E-state index in [0.29, 0.717) is 19.1 Å². The first kappa shape index (κ1) is 20.3. The van der Waals surface area contributed by atoms with Crippen molar-refractivity contribution in [2.75, 3.05) is 36.5 Å². The number of nitrogens with zero attached hydrogens (tertiary/aromatic N) is 3. The van der Waals surface area contributed by atoms with E-state index >= 15 is 0 Å². The highest BCUT2D eigenvalue weighted by Gasteiger charge is 2.28. The minimum Gasteiger partial charge on any atom is -0.493 e. The van der Waals surface area contributed by atoms with Gasteiger partial charge in [0.15, 0.2) is 0 Å². The van der Waals surface area contributed by atoms with Crippen LogP contribution < -0.4 is 10.1 Å². The Hall–Kier alpha value is -1.99. The zero-order valence-electron chi connectivity index (χ0n) is 16.8. The first-order valence-electron chi connectivity index (χ1n) is 10.6. The third-order valence-electron chi connectivity index (χ3n) is 5.83. The zero-order valence-corrected chi connectivity index (χ0v) is 17.7. The lowest BCUT2D eigenvalue weighted by Crippen LogP contribution is -2.43. The van der Waals surface area contributed by atoms with E-state index in [2.05, 4.69) is 27.1 Å². The monoisotopic (exact) mass is 414 g/mol. The highest BCUT2D eigenvalue weighted by molar-refractivity contribution is 7.99. The average Bonchev–Trinajstić information content (AvgIpc) is 3.23. The molecule has 0 spiro atoms. The molecule has 7 heteroatoms. The molecule has 6 nitrogen and oxygen atoms in total. The van der Waals surface area contributed by atoms with E-state index in [1.165, 1.54) is 24.3 Å². The van der Waals surface area contributed by atoms with Gasteiger partial charge in [-0.05, 0) is 49.3 Å². The number of rotatable bonds is 7. The van der Waals surface area contributed by atoms with E-state index in [-0.39, 0.29) is 5.91 Å². The predicted octanol–water partition coefficient (Wildman–Crippen LogP) is 3.82. The number of benzene rings is 1. The summed E-state index contributed by atoms with van der Waals surface area (Å²) in [6, 6.07) is 12.6. The lowest BCUT2D eigenvalue weighted by molar-refractivity contribution is -0.116. The number of piperidine rings is 1. The number of ether oxygens (including phenoxy) is 1. The molecule has 1 N–H and O–H groups in total. The number of amides is 1. The Morgan fingerprint density at radius 3 is 2.59 bits per heavy atom. The van der Waals surface area contributed by atoms with Gasteiger partial charge in [-0.25, -0.2) is 4.68 Å². The van der Waals surface area contributed by atoms with Crippen molar-refractivity contribution >= 4 is 23.5 Å². The second-order valence-electron chi connectivity index (χ2n) is 7.73. The first-order chi connectivity index (χ1) is 14.3. The molecule has 0 atom stereocenters. The summed E-state index contributed by atoms with van der Waals surface area (Å²) in [6.07, 6.45) is 6.92. The second kappa shape index (κ2) is 10.2. The average molecular weight is 415 g/mol. The van der Waals surface area contributed by atoms with Gasteiger partial charge in [-0.2, -0.15) is 16.9 Å². The van der Waals surface area contributed by atoms with Gasteiger partial charge < -0.3 is 15.0 Å². The van der Waals surface area contributed by atoms with E-state index in [1.54, 1.807) is 6.20 Å². The maximum atomic E-state index is 12.4. The third kappa shape index (κ3) is 5.54. The van der Waals surface area contributed by atoms with Gasteiger partial charge in [-0.1, -0.05) is 18.2 Å². The lowest BCUT2D eigenvalue weighted by atomic mass is 10.0. The Labute approximate surface area is 177 Å². The number of carbonyl (C=O) groups excluding carboxylic acids is 1. The molecule has 2 aromatic rings. The van der Waals surface area contributed by atoms with Crippen LogP contribution in [0.5, 0.6) is 5.75 Å². The van der Waals surface area contributed by atoms with E-state index in [4.69, 9.17) is 4.74 Å². The van der Waals surface area contributed by atoms with Gasteiger partial charge in [0, 0.05) is 25.2 Å². The minimum absolute atomic E-state index is 0.0418. The van der Waals surface area contributed by atoms with E-state index in [1.807, 2.05) is 41.1 Å². The van der Waals surface area contributed by atoms with Crippen molar-refractivity contribution < 1.29 is 9.53 Å². The Bertz CT molecular complexity index is 768. The maximum absolute atomic E-state index is 12.4. The van der Waals surface area contributed by atoms with E-state index < -0.39 is 0 Å². The fraction of sp³-hybridized carbons (Fsp3) is 0.545. The van der Waals surface area contributed by atoms with Crippen LogP contribution in [0.3, 0.4) is 0 Å². The number of nitrogens with one attached hydrogen (secondary N) is 1. The quantitative estimate of drug-likeness (QED) is 0.746. The largest absolute Gasteiger partial charge is 0.493 e. The molecule has 0 radical (unpaired) electrons. The van der Waals surface area contributed by atoms with Crippen LogP contribution in [-0.2, 0) is 4.79 Å². The summed E-state index contributed by atoms with van der Waals surface area (Å²) in [5.41, 5.74) is 0. The van der Waals surface area contributed by atoms with Gasteiger partial charge in [0.1, 0.15) is 11.6 Å². The Kier molecular flexibility index (Phi) is 7.11. The van der Waals surface area contributed by atoms with Gasteiger partial charge in [0.2, 0.25) is 5.91 Å². The number of hydrogen-bond acceptors (Lipinski definition) is 5. The Balaban J connectivity index is 1.24. The van der Waals surface area contributed by atoms with Crippen molar-refractivity contribution in [1.82, 2.24) is 14.7 Å². The molecule has 0 unspecified atom stereocenters. The van der Waals surface area contributed by atoms with Crippen LogP contribution >= 0.6 is 11.8 Å². The second-order valence-corrected chi connectivity index (χ2v) is 8.96. The fourth-order valence-corrected chi connectivity index (χ4v) is 5.32. The smallest absolute Gasteiger partial charge is 0.228 e. The Morgan fingerprint density at radius 2 is 1.83 bits per heavy atom. The third-order valence-corrected chi connectivity index (χ3v) is 6.88. The summed E-state index contributed by atoms with van der Waals surface area (Å²) < 4.78 is 7.63. The molecule has 1 amide bonds. The Morgan fingerprint density at radius 1 is 1.07 bits per heavy atom. The molecule has 2 aliphatic heterocycles. The zero-order chi connectivity index (χ0) is 19.9. The van der Waals surface area contributed by atoms with Crippen LogP contribution in [0, 0.1) is 0 Å². The molecular formula is C22H30N4O2S. The topological polar surface area (TPSA) is 59.4 Å². The molecule has 3 heterocycles. The summed E-state index contributed by atoms with van der Waals surface area (Å²) in [4.78, 5) is 15.0. The molecule has 2 aliphatic rings. The molecule has 29 heavy (non-hydrogen) atoms. The molecule has 2 saturated heterocycles. The number of aromatic nitrogens is 2. The molecule has 0 bridgehead atoms. The summed E-state index contributed by atoms with van der Waals surface area (Å²) in [5, 5.41) is 7.52. The number of hydrogen-bond donors (Lipinski definition) is 1. The highest BCUT2D eigenvalue weighted by Crippen LogP contribution is 2.29. The molecule has 1 aromatic carbocycles. The number of likely N-dealkylation sites (tertiary alicyclic amines) is 1. The van der Waals surface area contributed by atoms with Crippen LogP contribution in [0.2, 0.25) is 0 Å². The number of carbonyl (C=O) groups is 1. The summed E-state index contributed by atoms with van der Waals surface area (Å²) in [6.45, 7) is 2.61. The van der Waals surface area contributed by atoms with Crippen LogP contribution in [0.15, 0.2) is 42.6 Å². The molecular weight excluding hydrogens is 384 g/mol. The first-order valence-corrected chi connectivity index (χ1v) is 11.8. The SMILES string of the molecule is O=C(CCOc1ccccc1)Nc1ccnn1C1CCN(C2CCSCC2)CC1. The fourth-order valence-electron chi connectivity index (χ4n) is 4.23.